The first kappa shape index (κ1) is 56.1. The van der Waals surface area contributed by atoms with Gasteiger partial charge in [0.1, 0.15) is 0 Å². The van der Waals surface area contributed by atoms with E-state index in [0.29, 0.717) is 0 Å². The number of alkyl halides is 26. The molecule has 328 valence electrons. The zero-order valence-corrected chi connectivity index (χ0v) is 28.4. The summed E-state index contributed by atoms with van der Waals surface area (Å²) in [4.78, 5) is 23.6. The fourth-order valence-corrected chi connectivity index (χ4v) is 3.88. The molecule has 0 aliphatic heterocycles. The molecule has 0 aliphatic rings. The van der Waals surface area contributed by atoms with Crippen LogP contribution in [0, 0.1) is 0 Å². The maximum absolute atomic E-state index is 13.8. The Bertz CT molecular complexity index is 1490. The molecule has 0 radical (unpaired) electrons. The molecule has 0 fully saturated rings. The maximum Gasteiger partial charge on any atom is 1.00 e. The first-order chi connectivity index (χ1) is 23.7. The molecule has 0 bridgehead atoms. The van der Waals surface area contributed by atoms with E-state index in [1.54, 1.807) is 0 Å². The van der Waals surface area contributed by atoms with Crippen molar-refractivity contribution in [3.63, 3.8) is 0 Å². The van der Waals surface area contributed by atoms with Crippen molar-refractivity contribution in [3.8, 4) is 0 Å². The molecule has 36 heteroatoms. The number of rotatable bonds is 19. The molecular weight excluding hydrogens is 917 g/mol. The van der Waals surface area contributed by atoms with E-state index in [0.717, 1.165) is 0 Å². The normalized spacial score (nSPS) is 15.9. The Morgan fingerprint density at radius 3 is 1.00 bits per heavy atom. The van der Waals surface area contributed by atoms with Crippen LogP contribution in [0.15, 0.2) is 0 Å². The van der Waals surface area contributed by atoms with Crippen molar-refractivity contribution < 1.29 is 181 Å². The van der Waals surface area contributed by atoms with Crippen molar-refractivity contribution in [2.24, 2.45) is 0 Å². The average Bonchev–Trinajstić information content (AvgIpc) is 2.97. The molecule has 0 spiro atoms. The molecule has 0 N–H and O–H groups in total. The topological polar surface area (TPSA) is 119 Å². The summed E-state index contributed by atoms with van der Waals surface area (Å²) in [7, 11) is -6.35. The minimum atomic E-state index is -8.39. The van der Waals surface area contributed by atoms with Crippen LogP contribution in [-0.4, -0.2) is 110 Å². The Kier molecular flexibility index (Phi) is 16.6. The summed E-state index contributed by atoms with van der Waals surface area (Å²) in [5.41, 5.74) is 0. The smallest absolute Gasteiger partial charge is 0.707 e. The largest absolute Gasteiger partial charge is 1.00 e. The number of hydrogen-bond acceptors (Lipinski definition) is 8. The van der Waals surface area contributed by atoms with Crippen LogP contribution in [-0.2, 0) is 33.5 Å². The predicted molar refractivity (Wildman–Crippen MR) is 111 cm³/mol. The van der Waals surface area contributed by atoms with Gasteiger partial charge in [-0.2, -0.15) is 123 Å². The van der Waals surface area contributed by atoms with Gasteiger partial charge in [-0.1, -0.05) is 0 Å². The summed E-state index contributed by atoms with van der Waals surface area (Å²) in [6.07, 6.45) is -24.8. The van der Waals surface area contributed by atoms with Gasteiger partial charge in [-0.3, -0.25) is 9.59 Å². The number of halogens is 26. The van der Waals surface area contributed by atoms with Gasteiger partial charge >= 0.3 is 113 Å². The fourth-order valence-electron chi connectivity index (χ4n) is 3.14. The Morgan fingerprint density at radius 2 is 0.732 bits per heavy atom. The Labute approximate surface area is 312 Å². The van der Waals surface area contributed by atoms with Crippen LogP contribution in [0.4, 0.5) is 114 Å². The third kappa shape index (κ3) is 9.55. The molecule has 0 aromatic heterocycles. The molecule has 1 unspecified atom stereocenters. The van der Waals surface area contributed by atoms with Crippen LogP contribution < -0.4 is 34.8 Å². The van der Waals surface area contributed by atoms with E-state index < -0.39 is 131 Å². The van der Waals surface area contributed by atoms with E-state index in [-0.39, 0.29) is 29.6 Å². The van der Waals surface area contributed by atoms with Gasteiger partial charge in [0, 0.05) is 0 Å². The average molecular weight is 928 g/mol. The third-order valence-electron chi connectivity index (χ3n) is 6.39. The SMILES string of the molecule is O=C(CC(C(=O)OCCC(F)(F)C(F)(F)C(F)(F)C(F)(F)C(F)(F)C(F)(F)F)S(=O)(=O)O[O-])OCCC(F)(F)C(F)(F)C(F)(F)C(F)(F)C(F)(F)C(F)(F)F.[Na+]. The van der Waals surface area contributed by atoms with Gasteiger partial charge in [0.05, 0.1) is 32.5 Å². The second-order valence-electron chi connectivity index (χ2n) is 10.1. The molecule has 56 heavy (non-hydrogen) atoms. The van der Waals surface area contributed by atoms with Gasteiger partial charge in [0.2, 0.25) is 0 Å². The second-order valence-corrected chi connectivity index (χ2v) is 11.8. The van der Waals surface area contributed by atoms with Crippen molar-refractivity contribution in [3.05, 3.63) is 0 Å². The number of ether oxygens (including phenoxy) is 2. The van der Waals surface area contributed by atoms with Crippen LogP contribution in [0.5, 0.6) is 0 Å². The molecule has 0 amide bonds. The monoisotopic (exact) mass is 928 g/mol. The Morgan fingerprint density at radius 1 is 0.464 bits per heavy atom. The van der Waals surface area contributed by atoms with Crippen molar-refractivity contribution >= 4 is 22.1 Å². The van der Waals surface area contributed by atoms with Crippen molar-refractivity contribution in [1.82, 2.24) is 0 Å². The number of carbonyl (C=O) groups is 2. The van der Waals surface area contributed by atoms with Gasteiger partial charge in [-0.15, -0.1) is 0 Å². The van der Waals surface area contributed by atoms with Crippen molar-refractivity contribution in [2.75, 3.05) is 13.2 Å². The van der Waals surface area contributed by atoms with Crippen LogP contribution in [0.2, 0.25) is 0 Å². The van der Waals surface area contributed by atoms with Crippen LogP contribution >= 0.6 is 0 Å². The van der Waals surface area contributed by atoms with E-state index >= 15 is 0 Å². The quantitative estimate of drug-likeness (QED) is 0.0634. The zero-order chi connectivity index (χ0) is 44.9. The minimum Gasteiger partial charge on any atom is -0.707 e. The molecule has 1 atom stereocenters. The number of hydrogen-bond donors (Lipinski definition) is 0. The molecule has 8 nitrogen and oxygen atoms in total. The van der Waals surface area contributed by atoms with Crippen LogP contribution in [0.1, 0.15) is 19.3 Å². The van der Waals surface area contributed by atoms with Crippen LogP contribution in [0.3, 0.4) is 0 Å². The summed E-state index contributed by atoms with van der Waals surface area (Å²) in [5.74, 6) is -85.3. The molecule has 0 rings (SSSR count). The maximum atomic E-state index is 13.8. The van der Waals surface area contributed by atoms with Crippen molar-refractivity contribution in [1.29, 1.82) is 0 Å². The van der Waals surface area contributed by atoms with Crippen LogP contribution in [0.25, 0.3) is 0 Å². The standard InChI is InChI=1S/C20H12F26O8S.Na/c21-9(22,11(25,26)13(29,30)15(33,34)17(37,38)19(41,42)43)1-3-52-7(47)5-6(55(50,51)54-49)8(48)53-4-2-10(23,24)12(27,28)14(31,32)16(35,36)18(39,40)20(44,45)46;/h6,49H,1-5H2;/q;+1/p-1. The van der Waals surface area contributed by atoms with Crippen molar-refractivity contribution in [2.45, 2.75) is 96.1 Å². The number of esters is 2. The Hall–Kier alpha value is -2.01. The first-order valence-corrected chi connectivity index (χ1v) is 13.9. The van der Waals surface area contributed by atoms with Gasteiger partial charge in [-0.25, -0.2) is 0 Å². The molecular formula is C20H11F26NaO8S. The summed E-state index contributed by atoms with van der Waals surface area (Å²) >= 11 is 0. The minimum absolute atomic E-state index is 0. The van der Waals surface area contributed by atoms with E-state index in [2.05, 4.69) is 13.8 Å². The summed E-state index contributed by atoms with van der Waals surface area (Å²) < 4.78 is 373. The molecule has 0 saturated carbocycles. The number of carbonyl (C=O) groups excluding carboxylic acids is 2. The summed E-state index contributed by atoms with van der Waals surface area (Å²) in [6, 6.07) is 0. The van der Waals surface area contributed by atoms with E-state index in [1.807, 2.05) is 0 Å². The second kappa shape index (κ2) is 16.6. The van der Waals surface area contributed by atoms with E-state index in [4.69, 9.17) is 0 Å². The Balaban J connectivity index is 0. The third-order valence-corrected chi connectivity index (χ3v) is 7.64. The first-order valence-electron chi connectivity index (χ1n) is 12.5. The fraction of sp³-hybridized carbons (Fsp3) is 0.900. The van der Waals surface area contributed by atoms with Gasteiger partial charge in [0.15, 0.2) is 5.25 Å². The molecule has 0 aromatic carbocycles. The summed E-state index contributed by atoms with van der Waals surface area (Å²) in [6.45, 7) is -5.40. The summed E-state index contributed by atoms with van der Waals surface area (Å²) in [5, 5.41) is 6.55. The molecule has 0 saturated heterocycles. The van der Waals surface area contributed by atoms with Gasteiger partial charge in [0.25, 0.3) is 10.1 Å². The van der Waals surface area contributed by atoms with Gasteiger partial charge < -0.3 is 19.1 Å². The van der Waals surface area contributed by atoms with Gasteiger partial charge in [-0.05, 0) is 0 Å². The molecule has 0 aromatic rings. The molecule has 0 aliphatic carbocycles. The van der Waals surface area contributed by atoms with E-state index in [1.165, 1.54) is 0 Å². The zero-order valence-electron chi connectivity index (χ0n) is 25.6. The molecule has 0 heterocycles. The predicted octanol–water partition coefficient (Wildman–Crippen LogP) is 3.72. The van der Waals surface area contributed by atoms with E-state index in [9.17, 15) is 137 Å².